The van der Waals surface area contributed by atoms with E-state index in [4.69, 9.17) is 19.4 Å². The van der Waals surface area contributed by atoms with Crippen LogP contribution in [-0.4, -0.2) is 83.7 Å². The third-order valence-electron chi connectivity index (χ3n) is 7.60. The van der Waals surface area contributed by atoms with Gasteiger partial charge in [-0.1, -0.05) is 30.3 Å². The number of carbonyl (C=O) groups excluding carboxylic acids is 1. The number of nitrogens with zero attached hydrogens (tertiary/aromatic N) is 5. The van der Waals surface area contributed by atoms with Crippen LogP contribution in [0.2, 0.25) is 0 Å². The Morgan fingerprint density at radius 3 is 2.77 bits per heavy atom. The number of allylic oxidation sites excluding steroid dienone is 1. The van der Waals surface area contributed by atoms with Crippen molar-refractivity contribution in [3.05, 3.63) is 77.6 Å². The van der Waals surface area contributed by atoms with Gasteiger partial charge >= 0.3 is 5.97 Å². The zero-order chi connectivity index (χ0) is 30.2. The molecule has 3 aromatic rings. The molecule has 2 fully saturated rings. The van der Waals surface area contributed by atoms with Crippen LogP contribution in [-0.2, 0) is 20.8 Å². The molecule has 0 amide bonds. The molecular weight excluding hydrogens is 560 g/mol. The summed E-state index contributed by atoms with van der Waals surface area (Å²) >= 11 is 0. The highest BCUT2D eigenvalue weighted by molar-refractivity contribution is 6.07. The van der Waals surface area contributed by atoms with Gasteiger partial charge in [0.2, 0.25) is 0 Å². The lowest BCUT2D eigenvalue weighted by Crippen LogP contribution is -2.51. The quantitative estimate of drug-likeness (QED) is 0.251. The maximum absolute atomic E-state index is 15.2. The van der Waals surface area contributed by atoms with Crippen LogP contribution in [0.1, 0.15) is 36.8 Å². The summed E-state index contributed by atoms with van der Waals surface area (Å²) in [6, 6.07) is 7.20. The largest absolute Gasteiger partial charge is 0.463 e. The highest BCUT2D eigenvalue weighted by Gasteiger charge is 2.38. The maximum atomic E-state index is 15.2. The van der Waals surface area contributed by atoms with Crippen LogP contribution < -0.4 is 10.2 Å². The number of morpholine rings is 1. The van der Waals surface area contributed by atoms with Gasteiger partial charge in [-0.05, 0) is 30.9 Å². The van der Waals surface area contributed by atoms with Crippen LogP contribution in [0.25, 0.3) is 5.70 Å². The van der Waals surface area contributed by atoms with Gasteiger partial charge < -0.3 is 24.2 Å². The molecule has 0 aliphatic carbocycles. The minimum absolute atomic E-state index is 0.0530. The number of esters is 1. The number of anilines is 1. The number of ether oxygens (including phenoxy) is 2. The topological polar surface area (TPSA) is 130 Å². The summed E-state index contributed by atoms with van der Waals surface area (Å²) in [5.74, 6) is -1.71. The van der Waals surface area contributed by atoms with Crippen LogP contribution in [0.15, 0.2) is 53.4 Å². The Hall–Kier alpha value is -4.23. The molecule has 2 N–H and O–H groups in total. The first kappa shape index (κ1) is 30.2. The molecule has 2 atom stereocenters. The number of halogens is 2. The van der Waals surface area contributed by atoms with Gasteiger partial charge in [-0.3, -0.25) is 10.3 Å². The van der Waals surface area contributed by atoms with E-state index in [0.717, 1.165) is 32.1 Å². The van der Waals surface area contributed by atoms with Gasteiger partial charge in [0.15, 0.2) is 17.5 Å². The molecule has 11 nitrogen and oxygen atoms in total. The molecule has 13 heteroatoms. The fourth-order valence-corrected chi connectivity index (χ4v) is 5.27. The first-order chi connectivity index (χ1) is 20.9. The SMILES string of the molecule is CC1CCCN(c2nc(C(=N)/C=C(\NCc3ccccc3F)c3ccon3)ncc2F)C1C(=O)OCCN1CCOCC1. The van der Waals surface area contributed by atoms with E-state index in [1.165, 1.54) is 18.4 Å². The number of aromatic nitrogens is 3. The van der Waals surface area contributed by atoms with E-state index in [9.17, 15) is 9.18 Å². The molecule has 2 aliphatic rings. The Morgan fingerprint density at radius 1 is 1.19 bits per heavy atom. The van der Waals surface area contributed by atoms with Crippen molar-refractivity contribution < 1.29 is 27.6 Å². The zero-order valence-corrected chi connectivity index (χ0v) is 24.0. The molecule has 2 aliphatic heterocycles. The fourth-order valence-electron chi connectivity index (χ4n) is 5.27. The van der Waals surface area contributed by atoms with E-state index >= 15 is 4.39 Å². The van der Waals surface area contributed by atoms with Crippen LogP contribution in [0, 0.1) is 23.0 Å². The number of rotatable bonds is 11. The molecule has 228 valence electrons. The third-order valence-corrected chi connectivity index (χ3v) is 7.60. The fraction of sp³-hybridized carbons (Fsp3) is 0.433. The van der Waals surface area contributed by atoms with Crippen molar-refractivity contribution in [1.29, 1.82) is 5.41 Å². The minimum atomic E-state index is -0.728. The van der Waals surface area contributed by atoms with Crippen molar-refractivity contribution in [1.82, 2.24) is 25.3 Å². The molecule has 5 rings (SSSR count). The summed E-state index contributed by atoms with van der Waals surface area (Å²) in [4.78, 5) is 25.5. The molecule has 2 unspecified atom stereocenters. The van der Waals surface area contributed by atoms with Gasteiger partial charge in [-0.15, -0.1) is 0 Å². The number of benzene rings is 1. The number of hydrogen-bond acceptors (Lipinski definition) is 11. The van der Waals surface area contributed by atoms with E-state index < -0.39 is 17.8 Å². The van der Waals surface area contributed by atoms with Crippen LogP contribution >= 0.6 is 0 Å². The maximum Gasteiger partial charge on any atom is 0.329 e. The molecule has 43 heavy (non-hydrogen) atoms. The Kier molecular flexibility index (Phi) is 10.1. The highest BCUT2D eigenvalue weighted by Crippen LogP contribution is 2.30. The van der Waals surface area contributed by atoms with Crippen LogP contribution in [0.3, 0.4) is 0 Å². The standard InChI is InChI=1S/C30H35F2N7O4/c1-20-5-4-9-39(27(20)30(40)42-16-12-38-10-14-41-15-11-38)29-23(32)19-35-28(36-29)24(33)17-26(25-8-13-43-37-25)34-18-21-6-2-3-7-22(21)31/h2-3,6-8,13,17,19-20,27,33-34H,4-5,9-12,14-16,18H2,1H3/b26-17-,33-24?. The zero-order valence-electron chi connectivity index (χ0n) is 24.0. The summed E-state index contributed by atoms with van der Waals surface area (Å²) in [7, 11) is 0. The number of piperidine rings is 1. The molecule has 0 spiro atoms. The molecular formula is C30H35F2N7O4. The molecule has 0 radical (unpaired) electrons. The van der Waals surface area contributed by atoms with Crippen molar-refractivity contribution in [2.24, 2.45) is 5.92 Å². The summed E-state index contributed by atoms with van der Waals surface area (Å²) < 4.78 is 45.4. The van der Waals surface area contributed by atoms with Crippen molar-refractivity contribution >= 4 is 23.2 Å². The molecule has 0 saturated carbocycles. The molecule has 1 aromatic carbocycles. The third kappa shape index (κ3) is 7.59. The summed E-state index contributed by atoms with van der Waals surface area (Å²) in [6.07, 6.45) is 5.33. The number of carbonyl (C=O) groups is 1. The second-order valence-electron chi connectivity index (χ2n) is 10.5. The Bertz CT molecular complexity index is 1430. The lowest BCUT2D eigenvalue weighted by Gasteiger charge is -2.39. The van der Waals surface area contributed by atoms with E-state index in [1.807, 2.05) is 6.92 Å². The monoisotopic (exact) mass is 595 g/mol. The number of nitrogens with one attached hydrogen (secondary N) is 2. The second kappa shape index (κ2) is 14.3. The van der Waals surface area contributed by atoms with Gasteiger partial charge in [-0.2, -0.15) is 0 Å². The van der Waals surface area contributed by atoms with Gasteiger partial charge in [-0.25, -0.2) is 23.5 Å². The van der Waals surface area contributed by atoms with Crippen LogP contribution in [0.4, 0.5) is 14.6 Å². The van der Waals surface area contributed by atoms with E-state index in [2.05, 4.69) is 25.3 Å². The van der Waals surface area contributed by atoms with Crippen molar-refractivity contribution in [3.63, 3.8) is 0 Å². The molecule has 4 heterocycles. The lowest BCUT2D eigenvalue weighted by atomic mass is 9.90. The minimum Gasteiger partial charge on any atom is -0.463 e. The predicted octanol–water partition coefficient (Wildman–Crippen LogP) is 3.42. The van der Waals surface area contributed by atoms with E-state index in [-0.39, 0.29) is 42.2 Å². The van der Waals surface area contributed by atoms with E-state index in [0.29, 0.717) is 43.3 Å². The summed E-state index contributed by atoms with van der Waals surface area (Å²) in [5, 5.41) is 15.7. The van der Waals surface area contributed by atoms with Gasteiger partial charge in [0.25, 0.3) is 0 Å². The highest BCUT2D eigenvalue weighted by atomic mass is 19.1. The number of hydrogen-bond donors (Lipinski definition) is 2. The Morgan fingerprint density at radius 2 is 2.00 bits per heavy atom. The first-order valence-electron chi connectivity index (χ1n) is 14.3. The van der Waals surface area contributed by atoms with Crippen molar-refractivity contribution in [2.75, 3.05) is 50.9 Å². The molecule has 2 saturated heterocycles. The average Bonchev–Trinajstić information content (AvgIpc) is 3.55. The van der Waals surface area contributed by atoms with Gasteiger partial charge in [0, 0.05) is 44.4 Å². The van der Waals surface area contributed by atoms with Crippen LogP contribution in [0.5, 0.6) is 0 Å². The Balaban J connectivity index is 1.33. The van der Waals surface area contributed by atoms with E-state index in [1.54, 1.807) is 29.2 Å². The first-order valence-corrected chi connectivity index (χ1v) is 14.3. The average molecular weight is 596 g/mol. The predicted molar refractivity (Wildman–Crippen MR) is 154 cm³/mol. The van der Waals surface area contributed by atoms with Crippen molar-refractivity contribution in [2.45, 2.75) is 32.4 Å². The van der Waals surface area contributed by atoms with Gasteiger partial charge in [0.1, 0.15) is 36.1 Å². The normalized spacial score (nSPS) is 19.7. The second-order valence-corrected chi connectivity index (χ2v) is 10.5. The summed E-state index contributed by atoms with van der Waals surface area (Å²) in [6.45, 7) is 6.18. The van der Waals surface area contributed by atoms with Gasteiger partial charge in [0.05, 0.1) is 25.1 Å². The smallest absolute Gasteiger partial charge is 0.329 e. The lowest BCUT2D eigenvalue weighted by molar-refractivity contribution is -0.147. The molecule has 2 aromatic heterocycles. The summed E-state index contributed by atoms with van der Waals surface area (Å²) in [5.41, 5.74) is 1.03. The van der Waals surface area contributed by atoms with Crippen molar-refractivity contribution in [3.8, 4) is 0 Å². The molecule has 0 bridgehead atoms. The Labute approximate surface area is 248 Å².